The average Bonchev–Trinajstić information content (AvgIpc) is 2.48. The Kier molecular flexibility index (Phi) is 7.44. The summed E-state index contributed by atoms with van der Waals surface area (Å²) in [5.41, 5.74) is 0.865. The number of pyridine rings is 1. The van der Waals surface area contributed by atoms with Crippen molar-refractivity contribution in [1.82, 2.24) is 14.8 Å². The van der Waals surface area contributed by atoms with Gasteiger partial charge in [0.05, 0.1) is 18.8 Å². The van der Waals surface area contributed by atoms with E-state index in [2.05, 4.69) is 4.98 Å². The fourth-order valence-electron chi connectivity index (χ4n) is 2.07. The predicted octanol–water partition coefficient (Wildman–Crippen LogP) is 1.81. The molecule has 23 heavy (non-hydrogen) atoms. The Morgan fingerprint density at radius 2 is 1.91 bits per heavy atom. The van der Waals surface area contributed by atoms with Gasteiger partial charge >= 0.3 is 12.1 Å². The van der Waals surface area contributed by atoms with E-state index in [-0.39, 0.29) is 19.7 Å². The first-order valence-electron chi connectivity index (χ1n) is 7.29. The maximum atomic E-state index is 12.7. The molecule has 0 aliphatic carbocycles. The highest BCUT2D eigenvalue weighted by Gasteiger charge is 2.42. The summed E-state index contributed by atoms with van der Waals surface area (Å²) in [6, 6.07) is 3.06. The number of rotatable bonds is 8. The Hall–Kier alpha value is -1.67. The first kappa shape index (κ1) is 19.4. The van der Waals surface area contributed by atoms with Crippen LogP contribution in [-0.4, -0.2) is 59.2 Å². The lowest BCUT2D eigenvalue weighted by Crippen LogP contribution is -2.41. The van der Waals surface area contributed by atoms with Crippen LogP contribution in [0.25, 0.3) is 0 Å². The number of carbonyl (C=O) groups is 1. The van der Waals surface area contributed by atoms with Gasteiger partial charge in [-0.15, -0.1) is 0 Å². The Morgan fingerprint density at radius 1 is 1.26 bits per heavy atom. The first-order valence-corrected chi connectivity index (χ1v) is 7.29. The van der Waals surface area contributed by atoms with E-state index >= 15 is 0 Å². The molecule has 1 heterocycles. The number of unbranched alkanes of at least 4 members (excludes halogenated alkanes) is 1. The SMILES string of the molecule is CN(C)CCCCN(Cc1cc(CO)ccn1)C(=O)C(F)(F)F. The summed E-state index contributed by atoms with van der Waals surface area (Å²) in [6.07, 6.45) is -2.34. The Labute approximate surface area is 133 Å². The highest BCUT2D eigenvalue weighted by Crippen LogP contribution is 2.20. The van der Waals surface area contributed by atoms with Crippen LogP contribution in [0.1, 0.15) is 24.1 Å². The highest BCUT2D eigenvalue weighted by atomic mass is 19.4. The van der Waals surface area contributed by atoms with Gasteiger partial charge in [0.1, 0.15) is 0 Å². The van der Waals surface area contributed by atoms with Crippen LogP contribution >= 0.6 is 0 Å². The molecule has 0 saturated heterocycles. The maximum Gasteiger partial charge on any atom is 0.471 e. The standard InChI is InChI=1S/C15H22F3N3O2/c1-20(2)7-3-4-8-21(14(23)15(16,17)18)10-13-9-12(11-22)5-6-19-13/h5-6,9,22H,3-4,7-8,10-11H2,1-2H3. The number of aliphatic hydroxyl groups excluding tert-OH is 1. The zero-order valence-electron chi connectivity index (χ0n) is 13.3. The molecule has 0 aliphatic rings. The van der Waals surface area contributed by atoms with Crippen molar-refractivity contribution in [2.24, 2.45) is 0 Å². The molecule has 1 aromatic heterocycles. The van der Waals surface area contributed by atoms with E-state index in [1.165, 1.54) is 12.3 Å². The summed E-state index contributed by atoms with van der Waals surface area (Å²) >= 11 is 0. The first-order chi connectivity index (χ1) is 10.7. The summed E-state index contributed by atoms with van der Waals surface area (Å²) in [6.45, 7) is 0.295. The van der Waals surface area contributed by atoms with Crippen LogP contribution in [0.4, 0.5) is 13.2 Å². The van der Waals surface area contributed by atoms with Gasteiger partial charge in [-0.05, 0) is 51.2 Å². The third kappa shape index (κ3) is 6.96. The second-order valence-corrected chi connectivity index (χ2v) is 5.55. The predicted molar refractivity (Wildman–Crippen MR) is 79.4 cm³/mol. The number of hydrogen-bond donors (Lipinski definition) is 1. The minimum Gasteiger partial charge on any atom is -0.392 e. The lowest BCUT2D eigenvalue weighted by atomic mass is 10.2. The summed E-state index contributed by atoms with van der Waals surface area (Å²) in [5, 5.41) is 9.07. The third-order valence-corrected chi connectivity index (χ3v) is 3.23. The smallest absolute Gasteiger partial charge is 0.392 e. The van der Waals surface area contributed by atoms with Crippen LogP contribution in [0.15, 0.2) is 18.3 Å². The fraction of sp³-hybridized carbons (Fsp3) is 0.600. The van der Waals surface area contributed by atoms with Crippen LogP contribution in [-0.2, 0) is 17.9 Å². The van der Waals surface area contributed by atoms with Gasteiger partial charge < -0.3 is 14.9 Å². The number of halogens is 3. The summed E-state index contributed by atoms with van der Waals surface area (Å²) < 4.78 is 38.2. The summed E-state index contributed by atoms with van der Waals surface area (Å²) in [7, 11) is 3.76. The number of aliphatic hydroxyl groups is 1. The lowest BCUT2D eigenvalue weighted by molar-refractivity contribution is -0.186. The van der Waals surface area contributed by atoms with Gasteiger partial charge in [0.25, 0.3) is 0 Å². The molecule has 0 radical (unpaired) electrons. The maximum absolute atomic E-state index is 12.7. The third-order valence-electron chi connectivity index (χ3n) is 3.23. The Morgan fingerprint density at radius 3 is 2.48 bits per heavy atom. The van der Waals surface area contributed by atoms with Crippen LogP contribution in [0.2, 0.25) is 0 Å². The molecule has 130 valence electrons. The second-order valence-electron chi connectivity index (χ2n) is 5.55. The molecule has 8 heteroatoms. The number of hydrogen-bond acceptors (Lipinski definition) is 4. The average molecular weight is 333 g/mol. The highest BCUT2D eigenvalue weighted by molar-refractivity contribution is 5.81. The quantitative estimate of drug-likeness (QED) is 0.737. The van der Waals surface area contributed by atoms with E-state index in [0.29, 0.717) is 24.1 Å². The van der Waals surface area contributed by atoms with Gasteiger partial charge in [0.2, 0.25) is 0 Å². The van der Waals surface area contributed by atoms with Crippen molar-refractivity contribution in [3.05, 3.63) is 29.6 Å². The van der Waals surface area contributed by atoms with Crippen molar-refractivity contribution >= 4 is 5.91 Å². The molecule has 0 spiro atoms. The molecule has 0 aliphatic heterocycles. The van der Waals surface area contributed by atoms with Crippen molar-refractivity contribution in [2.45, 2.75) is 32.2 Å². The number of amides is 1. The molecular weight excluding hydrogens is 311 g/mol. The summed E-state index contributed by atoms with van der Waals surface area (Å²) in [4.78, 5) is 18.2. The zero-order chi connectivity index (χ0) is 17.5. The Bertz CT molecular complexity index is 507. The number of carbonyl (C=O) groups excluding carboxylic acids is 1. The van der Waals surface area contributed by atoms with E-state index in [1.54, 1.807) is 6.07 Å². The molecular formula is C15H22F3N3O2. The zero-order valence-corrected chi connectivity index (χ0v) is 13.3. The van der Waals surface area contributed by atoms with Crippen molar-refractivity contribution < 1.29 is 23.1 Å². The van der Waals surface area contributed by atoms with Crippen molar-refractivity contribution in [3.63, 3.8) is 0 Å². The molecule has 1 amide bonds. The lowest BCUT2D eigenvalue weighted by Gasteiger charge is -2.24. The molecule has 0 unspecified atom stereocenters. The van der Waals surface area contributed by atoms with Crippen molar-refractivity contribution in [2.75, 3.05) is 27.2 Å². The minimum atomic E-state index is -4.91. The van der Waals surface area contributed by atoms with Crippen molar-refractivity contribution in [3.8, 4) is 0 Å². The van der Waals surface area contributed by atoms with Crippen LogP contribution < -0.4 is 0 Å². The van der Waals surface area contributed by atoms with Gasteiger partial charge in [0, 0.05) is 12.7 Å². The van der Waals surface area contributed by atoms with Crippen molar-refractivity contribution in [1.29, 1.82) is 0 Å². The molecule has 5 nitrogen and oxygen atoms in total. The fourth-order valence-corrected chi connectivity index (χ4v) is 2.07. The Balaban J connectivity index is 2.75. The van der Waals surface area contributed by atoms with E-state index in [4.69, 9.17) is 5.11 Å². The van der Waals surface area contributed by atoms with E-state index < -0.39 is 12.1 Å². The summed E-state index contributed by atoms with van der Waals surface area (Å²) in [5.74, 6) is -1.86. The number of alkyl halides is 3. The molecule has 0 aromatic carbocycles. The number of aromatic nitrogens is 1. The van der Waals surface area contributed by atoms with E-state index in [9.17, 15) is 18.0 Å². The van der Waals surface area contributed by atoms with Crippen LogP contribution in [0.3, 0.4) is 0 Å². The largest absolute Gasteiger partial charge is 0.471 e. The molecule has 1 aromatic rings. The van der Waals surface area contributed by atoms with Crippen LogP contribution in [0.5, 0.6) is 0 Å². The van der Waals surface area contributed by atoms with E-state index in [0.717, 1.165) is 11.4 Å². The molecule has 0 bridgehead atoms. The molecule has 1 rings (SSSR count). The molecule has 0 atom stereocenters. The minimum absolute atomic E-state index is 0.0111. The van der Waals surface area contributed by atoms with Gasteiger partial charge in [-0.25, -0.2) is 0 Å². The van der Waals surface area contributed by atoms with E-state index in [1.807, 2.05) is 19.0 Å². The molecule has 0 fully saturated rings. The molecule has 1 N–H and O–H groups in total. The topological polar surface area (TPSA) is 56.7 Å². The number of nitrogens with zero attached hydrogens (tertiary/aromatic N) is 3. The monoisotopic (exact) mass is 333 g/mol. The van der Waals surface area contributed by atoms with Gasteiger partial charge in [-0.1, -0.05) is 0 Å². The normalized spacial score (nSPS) is 11.8. The van der Waals surface area contributed by atoms with Crippen LogP contribution in [0, 0.1) is 0 Å². The second kappa shape index (κ2) is 8.83. The van der Waals surface area contributed by atoms with Gasteiger partial charge in [-0.3, -0.25) is 9.78 Å². The van der Waals surface area contributed by atoms with Gasteiger partial charge in [-0.2, -0.15) is 13.2 Å². The van der Waals surface area contributed by atoms with Gasteiger partial charge in [0.15, 0.2) is 0 Å². The molecule has 0 saturated carbocycles.